The van der Waals surface area contributed by atoms with Crippen molar-refractivity contribution in [3.8, 4) is 11.8 Å². The maximum atomic E-state index is 13.0. The van der Waals surface area contributed by atoms with Crippen LogP contribution < -0.4 is 9.64 Å². The van der Waals surface area contributed by atoms with Crippen molar-refractivity contribution in [2.75, 3.05) is 38.2 Å². The summed E-state index contributed by atoms with van der Waals surface area (Å²) in [5.41, 5.74) is 2.22. The van der Waals surface area contributed by atoms with E-state index in [1.54, 1.807) is 37.4 Å². The predicted molar refractivity (Wildman–Crippen MR) is 131 cm³/mol. The molecular weight excluding hydrogens is 466 g/mol. The molecule has 180 valence electrons. The zero-order valence-corrected chi connectivity index (χ0v) is 20.1. The van der Waals surface area contributed by atoms with E-state index in [9.17, 15) is 13.2 Å². The molecule has 0 bridgehead atoms. The molecule has 0 radical (unpaired) electrons. The summed E-state index contributed by atoms with van der Waals surface area (Å²) in [6, 6.07) is 22.3. The lowest BCUT2D eigenvalue weighted by Gasteiger charge is -2.36. The Labute approximate surface area is 205 Å². The number of nitrogens with zero attached hydrogens (tertiary/aromatic N) is 3. The third-order valence-corrected chi connectivity index (χ3v) is 7.17. The number of carbonyl (C=O) groups excluding carboxylic acids is 1. The standard InChI is InChI=1S/C26H25N3O5S/c1-33-24-7-4-6-23(17-24)28-13-15-29(16-14-28)26(30)21-11-9-20(10-12-21)19-34-35(31,32)25-8-3-2-5-22(25)18-27/h2-12,17H,13-16,19H2,1H3. The van der Waals surface area contributed by atoms with Gasteiger partial charge in [0.05, 0.1) is 19.3 Å². The highest BCUT2D eigenvalue weighted by Gasteiger charge is 2.23. The first-order chi connectivity index (χ1) is 16.9. The summed E-state index contributed by atoms with van der Waals surface area (Å²) in [6.07, 6.45) is 0. The first kappa shape index (κ1) is 24.3. The average Bonchev–Trinajstić information content (AvgIpc) is 2.92. The molecule has 0 aromatic heterocycles. The molecule has 1 aliphatic rings. The minimum Gasteiger partial charge on any atom is -0.497 e. The molecule has 8 nitrogen and oxygen atoms in total. The summed E-state index contributed by atoms with van der Waals surface area (Å²) in [5.74, 6) is 0.727. The second-order valence-corrected chi connectivity index (χ2v) is 9.59. The van der Waals surface area contributed by atoms with Crippen molar-refractivity contribution in [1.82, 2.24) is 4.90 Å². The van der Waals surface area contributed by atoms with Crippen LogP contribution in [0.5, 0.6) is 5.75 Å². The fourth-order valence-corrected chi connectivity index (χ4v) is 4.93. The van der Waals surface area contributed by atoms with Crippen LogP contribution in [0.15, 0.2) is 77.7 Å². The van der Waals surface area contributed by atoms with Gasteiger partial charge >= 0.3 is 0 Å². The first-order valence-electron chi connectivity index (χ1n) is 11.1. The van der Waals surface area contributed by atoms with Gasteiger partial charge in [0.15, 0.2) is 0 Å². The Morgan fingerprint density at radius 2 is 1.69 bits per heavy atom. The molecule has 1 fully saturated rings. The number of piperazine rings is 1. The fraction of sp³-hybridized carbons (Fsp3) is 0.231. The van der Waals surface area contributed by atoms with E-state index >= 15 is 0 Å². The summed E-state index contributed by atoms with van der Waals surface area (Å²) in [5, 5.41) is 9.14. The van der Waals surface area contributed by atoms with Crippen molar-refractivity contribution >= 4 is 21.7 Å². The molecule has 0 spiro atoms. The van der Waals surface area contributed by atoms with Gasteiger partial charge in [0.25, 0.3) is 16.0 Å². The maximum Gasteiger partial charge on any atom is 0.298 e. The molecule has 0 saturated carbocycles. The topological polar surface area (TPSA) is 99.9 Å². The van der Waals surface area contributed by atoms with Crippen molar-refractivity contribution < 1.29 is 22.1 Å². The smallest absolute Gasteiger partial charge is 0.298 e. The van der Waals surface area contributed by atoms with Gasteiger partial charge in [-0.2, -0.15) is 13.7 Å². The molecule has 0 atom stereocenters. The van der Waals surface area contributed by atoms with E-state index in [0.717, 1.165) is 11.4 Å². The van der Waals surface area contributed by atoms with Crippen LogP contribution in [0.25, 0.3) is 0 Å². The van der Waals surface area contributed by atoms with Crippen LogP contribution in [0.1, 0.15) is 21.5 Å². The number of methoxy groups -OCH3 is 1. The molecule has 3 aromatic carbocycles. The van der Waals surface area contributed by atoms with Gasteiger partial charge in [-0.1, -0.05) is 30.3 Å². The van der Waals surface area contributed by atoms with Crippen molar-refractivity contribution in [3.05, 3.63) is 89.5 Å². The van der Waals surface area contributed by atoms with E-state index in [4.69, 9.17) is 14.2 Å². The number of nitriles is 1. The lowest BCUT2D eigenvalue weighted by molar-refractivity contribution is 0.0746. The largest absolute Gasteiger partial charge is 0.497 e. The van der Waals surface area contributed by atoms with Gasteiger partial charge in [-0.3, -0.25) is 8.98 Å². The van der Waals surface area contributed by atoms with Gasteiger partial charge in [0.1, 0.15) is 16.7 Å². The van der Waals surface area contributed by atoms with Crippen LogP contribution >= 0.6 is 0 Å². The molecule has 1 saturated heterocycles. The fourth-order valence-electron chi connectivity index (χ4n) is 3.89. The second-order valence-electron chi connectivity index (χ2n) is 8.00. The Bertz CT molecular complexity index is 1340. The number of hydrogen-bond donors (Lipinski definition) is 0. The molecule has 0 aliphatic carbocycles. The monoisotopic (exact) mass is 491 g/mol. The van der Waals surface area contributed by atoms with Crippen LogP contribution in [-0.4, -0.2) is 52.5 Å². The van der Waals surface area contributed by atoms with Crippen LogP contribution in [0.2, 0.25) is 0 Å². The lowest BCUT2D eigenvalue weighted by atomic mass is 10.1. The Morgan fingerprint density at radius 1 is 0.971 bits per heavy atom. The van der Waals surface area contributed by atoms with Gasteiger partial charge in [0, 0.05) is 43.5 Å². The summed E-state index contributed by atoms with van der Waals surface area (Å²) in [7, 11) is -2.45. The van der Waals surface area contributed by atoms with Gasteiger partial charge in [-0.15, -0.1) is 0 Å². The highest BCUT2D eigenvalue weighted by atomic mass is 32.2. The molecule has 35 heavy (non-hydrogen) atoms. The molecule has 3 aromatic rings. The molecule has 4 rings (SSSR count). The summed E-state index contributed by atoms with van der Waals surface area (Å²) in [4.78, 5) is 16.8. The number of amides is 1. The number of carbonyl (C=O) groups is 1. The van der Waals surface area contributed by atoms with Crippen LogP contribution in [0.4, 0.5) is 5.69 Å². The summed E-state index contributed by atoms with van der Waals surface area (Å²) >= 11 is 0. The van der Waals surface area contributed by atoms with E-state index in [2.05, 4.69) is 4.90 Å². The quantitative estimate of drug-likeness (QED) is 0.467. The Hall–Kier alpha value is -3.87. The number of benzene rings is 3. The predicted octanol–water partition coefficient (Wildman–Crippen LogP) is 3.43. The number of hydrogen-bond acceptors (Lipinski definition) is 7. The number of rotatable bonds is 7. The molecule has 0 N–H and O–H groups in total. The van der Waals surface area contributed by atoms with Gasteiger partial charge in [0.2, 0.25) is 0 Å². The van der Waals surface area contributed by atoms with Crippen LogP contribution in [-0.2, 0) is 20.9 Å². The summed E-state index contributed by atoms with van der Waals surface area (Å²) in [6.45, 7) is 2.42. The maximum absolute atomic E-state index is 13.0. The van der Waals surface area contributed by atoms with Crippen molar-refractivity contribution in [2.24, 2.45) is 0 Å². The van der Waals surface area contributed by atoms with Gasteiger partial charge in [-0.25, -0.2) is 0 Å². The van der Waals surface area contributed by atoms with E-state index in [0.29, 0.717) is 37.3 Å². The molecular formula is C26H25N3O5S. The third kappa shape index (κ3) is 5.62. The van der Waals surface area contributed by atoms with E-state index in [1.165, 1.54) is 18.2 Å². The Morgan fingerprint density at radius 3 is 2.37 bits per heavy atom. The SMILES string of the molecule is COc1cccc(N2CCN(C(=O)c3ccc(COS(=O)(=O)c4ccccc4C#N)cc3)CC2)c1. The van der Waals surface area contributed by atoms with Gasteiger partial charge < -0.3 is 14.5 Å². The van der Waals surface area contributed by atoms with Crippen LogP contribution in [0.3, 0.4) is 0 Å². The van der Waals surface area contributed by atoms with E-state index in [-0.39, 0.29) is 23.0 Å². The normalized spacial score (nSPS) is 13.8. The minimum atomic E-state index is -4.09. The highest BCUT2D eigenvalue weighted by molar-refractivity contribution is 7.86. The third-order valence-electron chi connectivity index (χ3n) is 5.84. The first-order valence-corrected chi connectivity index (χ1v) is 12.5. The highest BCUT2D eigenvalue weighted by Crippen LogP contribution is 2.23. The summed E-state index contributed by atoms with van der Waals surface area (Å²) < 4.78 is 35.4. The molecule has 1 aliphatic heterocycles. The van der Waals surface area contributed by atoms with Crippen molar-refractivity contribution in [1.29, 1.82) is 5.26 Å². The van der Waals surface area contributed by atoms with Gasteiger partial charge in [-0.05, 0) is 42.0 Å². The van der Waals surface area contributed by atoms with E-state index < -0.39 is 10.1 Å². The Kier molecular flexibility index (Phi) is 7.34. The zero-order valence-electron chi connectivity index (χ0n) is 19.3. The molecule has 1 amide bonds. The minimum absolute atomic E-state index is 0.0277. The van der Waals surface area contributed by atoms with E-state index in [1.807, 2.05) is 35.2 Å². The second kappa shape index (κ2) is 10.6. The van der Waals surface area contributed by atoms with Crippen LogP contribution in [0, 0.1) is 11.3 Å². The molecule has 9 heteroatoms. The number of anilines is 1. The Balaban J connectivity index is 1.34. The zero-order chi connectivity index (χ0) is 24.8. The van der Waals surface area contributed by atoms with Crippen molar-refractivity contribution in [3.63, 3.8) is 0 Å². The lowest BCUT2D eigenvalue weighted by Crippen LogP contribution is -2.48. The molecule has 1 heterocycles. The van der Waals surface area contributed by atoms with Crippen molar-refractivity contribution in [2.45, 2.75) is 11.5 Å². The number of ether oxygens (including phenoxy) is 1. The average molecular weight is 492 g/mol. The molecule has 0 unspecified atom stereocenters.